The average Bonchev–Trinajstić information content (AvgIpc) is 1.79. The smallest absolute Gasteiger partial charge is 0.264 e. The molecule has 0 aromatic heterocycles. The van der Waals surface area contributed by atoms with Crippen molar-refractivity contribution in [1.29, 1.82) is 0 Å². The fraction of sp³-hybridized carbons (Fsp3) is 1.00. The Labute approximate surface area is 92.4 Å². The van der Waals surface area contributed by atoms with Crippen LogP contribution in [-0.4, -0.2) is 35.0 Å². The quantitative estimate of drug-likeness (QED) is 0.634. The second-order valence-corrected chi connectivity index (χ2v) is 6.14. The first-order chi connectivity index (χ1) is 6.31. The number of nitrogens with two attached hydrogens (primary N) is 1. The van der Waals surface area contributed by atoms with Gasteiger partial charge >= 0.3 is 0 Å². The fourth-order valence-corrected chi connectivity index (χ4v) is 0.774. The van der Waals surface area contributed by atoms with Gasteiger partial charge in [-0.15, -0.1) is 0 Å². The summed E-state index contributed by atoms with van der Waals surface area (Å²) in [5.74, 6) is -0.132. The molecule has 6 heteroatoms. The zero-order valence-electron chi connectivity index (χ0n) is 10.1. The monoisotopic (exact) mass is 241 g/mol. The zero-order chi connectivity index (χ0) is 12.9. The SMILES string of the molecule is CC(C)(N)C(C)(C)O.CCCS(=O)(=O)O. The van der Waals surface area contributed by atoms with E-state index in [1.165, 1.54) is 0 Å². The summed E-state index contributed by atoms with van der Waals surface area (Å²) in [4.78, 5) is 0. The zero-order valence-corrected chi connectivity index (χ0v) is 10.9. The summed E-state index contributed by atoms with van der Waals surface area (Å²) in [5.41, 5.74) is 4.27. The molecule has 0 unspecified atom stereocenters. The molecule has 0 rings (SSSR count). The largest absolute Gasteiger partial charge is 0.389 e. The van der Waals surface area contributed by atoms with Gasteiger partial charge in [0, 0.05) is 5.54 Å². The molecule has 0 aromatic rings. The van der Waals surface area contributed by atoms with Crippen molar-refractivity contribution < 1.29 is 18.1 Å². The number of rotatable bonds is 3. The lowest BCUT2D eigenvalue weighted by Gasteiger charge is -2.32. The van der Waals surface area contributed by atoms with Gasteiger partial charge in [0.2, 0.25) is 0 Å². The Morgan fingerprint density at radius 3 is 1.47 bits per heavy atom. The number of hydrogen-bond acceptors (Lipinski definition) is 4. The summed E-state index contributed by atoms with van der Waals surface area (Å²) in [7, 11) is -3.67. The molecule has 0 fully saturated rings. The van der Waals surface area contributed by atoms with E-state index in [0.717, 1.165) is 0 Å². The van der Waals surface area contributed by atoms with Crippen LogP contribution in [0.1, 0.15) is 41.0 Å². The molecule has 0 aliphatic carbocycles. The summed E-state index contributed by atoms with van der Waals surface area (Å²) in [5, 5.41) is 9.23. The predicted octanol–water partition coefficient (Wildman–Crippen LogP) is 0.779. The van der Waals surface area contributed by atoms with E-state index in [9.17, 15) is 13.5 Å². The van der Waals surface area contributed by atoms with Crippen LogP contribution in [-0.2, 0) is 10.1 Å². The van der Waals surface area contributed by atoms with E-state index in [2.05, 4.69) is 0 Å². The van der Waals surface area contributed by atoms with Crippen molar-refractivity contribution in [1.82, 2.24) is 0 Å². The standard InChI is InChI=1S/C6H15NO.C3H8O3S/c1-5(2,7)6(3,4)8;1-2-3-7(4,5)6/h8H,7H2,1-4H3;2-3H2,1H3,(H,4,5,6). The second kappa shape index (κ2) is 5.79. The highest BCUT2D eigenvalue weighted by Crippen LogP contribution is 2.16. The molecule has 0 heterocycles. The van der Waals surface area contributed by atoms with Crippen molar-refractivity contribution in [3.63, 3.8) is 0 Å². The maximum atomic E-state index is 9.79. The Balaban J connectivity index is 0. The lowest BCUT2D eigenvalue weighted by atomic mass is 9.87. The Morgan fingerprint density at radius 2 is 1.47 bits per heavy atom. The minimum Gasteiger partial charge on any atom is -0.389 e. The molecule has 0 bridgehead atoms. The van der Waals surface area contributed by atoms with Crippen molar-refractivity contribution in [3.05, 3.63) is 0 Å². The van der Waals surface area contributed by atoms with E-state index in [0.29, 0.717) is 6.42 Å². The molecule has 4 N–H and O–H groups in total. The lowest BCUT2D eigenvalue weighted by molar-refractivity contribution is 0.0144. The molecule has 0 aliphatic rings. The molecule has 0 radical (unpaired) electrons. The van der Waals surface area contributed by atoms with E-state index in [1.54, 1.807) is 34.6 Å². The van der Waals surface area contributed by atoms with Crippen LogP contribution in [0.5, 0.6) is 0 Å². The molecule has 5 nitrogen and oxygen atoms in total. The van der Waals surface area contributed by atoms with Crippen LogP contribution in [0.25, 0.3) is 0 Å². The van der Waals surface area contributed by atoms with Crippen LogP contribution >= 0.6 is 0 Å². The fourth-order valence-electron chi connectivity index (χ4n) is 0.258. The van der Waals surface area contributed by atoms with Gasteiger partial charge in [-0.3, -0.25) is 4.55 Å². The van der Waals surface area contributed by atoms with E-state index >= 15 is 0 Å². The molecular formula is C9H23NO4S. The van der Waals surface area contributed by atoms with Crippen LogP contribution in [0.4, 0.5) is 0 Å². The van der Waals surface area contributed by atoms with Gasteiger partial charge in [-0.05, 0) is 34.1 Å². The molecule has 94 valence electrons. The Kier molecular flexibility index (Phi) is 6.65. The molecule has 0 aromatic carbocycles. The summed E-state index contributed by atoms with van der Waals surface area (Å²) in [6.45, 7) is 8.69. The van der Waals surface area contributed by atoms with E-state index in [-0.39, 0.29) is 5.75 Å². The van der Waals surface area contributed by atoms with Gasteiger partial charge in [0.15, 0.2) is 0 Å². The number of aliphatic hydroxyl groups is 1. The van der Waals surface area contributed by atoms with Gasteiger partial charge in [-0.25, -0.2) is 0 Å². The Bertz CT molecular complexity index is 247. The molecule has 15 heavy (non-hydrogen) atoms. The highest BCUT2D eigenvalue weighted by Gasteiger charge is 2.30. The van der Waals surface area contributed by atoms with Gasteiger partial charge in [0.25, 0.3) is 10.1 Å². The van der Waals surface area contributed by atoms with Crippen molar-refractivity contribution in [2.24, 2.45) is 5.73 Å². The third-order valence-corrected chi connectivity index (χ3v) is 2.96. The predicted molar refractivity (Wildman–Crippen MR) is 61.3 cm³/mol. The summed E-state index contributed by atoms with van der Waals surface area (Å²) >= 11 is 0. The second-order valence-electron chi connectivity index (χ2n) is 4.57. The first kappa shape index (κ1) is 17.2. The molecule has 0 amide bonds. The molecular weight excluding hydrogens is 218 g/mol. The van der Waals surface area contributed by atoms with Crippen LogP contribution < -0.4 is 5.73 Å². The first-order valence-electron chi connectivity index (χ1n) is 4.77. The van der Waals surface area contributed by atoms with Crippen LogP contribution in [0.15, 0.2) is 0 Å². The van der Waals surface area contributed by atoms with Gasteiger partial charge in [-0.2, -0.15) is 8.42 Å². The third kappa shape index (κ3) is 11.8. The summed E-state index contributed by atoms with van der Waals surface area (Å²) in [6.07, 6.45) is 0.471. The average molecular weight is 241 g/mol. The maximum Gasteiger partial charge on any atom is 0.264 e. The van der Waals surface area contributed by atoms with E-state index in [1.807, 2.05) is 0 Å². The van der Waals surface area contributed by atoms with Gasteiger partial charge in [0.05, 0.1) is 11.4 Å². The molecule has 0 atom stereocenters. The molecule has 0 saturated heterocycles. The van der Waals surface area contributed by atoms with E-state index < -0.39 is 21.3 Å². The molecule has 0 spiro atoms. The molecule has 0 saturated carbocycles. The van der Waals surface area contributed by atoms with E-state index in [4.69, 9.17) is 10.3 Å². The summed E-state index contributed by atoms with van der Waals surface area (Å²) in [6, 6.07) is 0. The Morgan fingerprint density at radius 1 is 1.20 bits per heavy atom. The minimum absolute atomic E-state index is 0.132. The lowest BCUT2D eigenvalue weighted by Crippen LogP contribution is -2.52. The van der Waals surface area contributed by atoms with Crippen molar-refractivity contribution >= 4 is 10.1 Å². The van der Waals surface area contributed by atoms with Gasteiger partial charge in [0.1, 0.15) is 0 Å². The summed E-state index contributed by atoms with van der Waals surface area (Å²) < 4.78 is 27.6. The third-order valence-electron chi connectivity index (χ3n) is 2.04. The van der Waals surface area contributed by atoms with Crippen LogP contribution in [0.3, 0.4) is 0 Å². The first-order valence-corrected chi connectivity index (χ1v) is 6.38. The van der Waals surface area contributed by atoms with Gasteiger partial charge in [-0.1, -0.05) is 6.92 Å². The van der Waals surface area contributed by atoms with Crippen molar-refractivity contribution in [3.8, 4) is 0 Å². The Hall–Kier alpha value is -0.170. The van der Waals surface area contributed by atoms with Crippen LogP contribution in [0.2, 0.25) is 0 Å². The van der Waals surface area contributed by atoms with Gasteiger partial charge < -0.3 is 10.8 Å². The van der Waals surface area contributed by atoms with Crippen molar-refractivity contribution in [2.75, 3.05) is 5.75 Å². The normalized spacial score (nSPS) is 13.1. The van der Waals surface area contributed by atoms with Crippen LogP contribution in [0, 0.1) is 0 Å². The van der Waals surface area contributed by atoms with Crippen molar-refractivity contribution in [2.45, 2.75) is 52.2 Å². The topological polar surface area (TPSA) is 101 Å². The minimum atomic E-state index is -3.67. The highest BCUT2D eigenvalue weighted by atomic mass is 32.2. The molecule has 0 aliphatic heterocycles. The maximum absolute atomic E-state index is 9.79. The number of hydrogen-bond donors (Lipinski definition) is 3. The highest BCUT2D eigenvalue weighted by molar-refractivity contribution is 7.85.